The molecular formula is C21H31N3O5S. The first kappa shape index (κ1) is 22.7. The Kier molecular flexibility index (Phi) is 7.46. The molecule has 0 saturated heterocycles. The van der Waals surface area contributed by atoms with Crippen molar-refractivity contribution in [1.82, 2.24) is 15.3 Å². The monoisotopic (exact) mass is 437 g/mol. The van der Waals surface area contributed by atoms with Crippen LogP contribution in [-0.2, 0) is 9.84 Å². The molecule has 2 N–H and O–H groups in total. The minimum Gasteiger partial charge on any atom is -0.471 e. The molecule has 8 nitrogen and oxygen atoms in total. The number of nitrogens with zero attached hydrogens (tertiary/aromatic N) is 2. The zero-order valence-electron chi connectivity index (χ0n) is 17.6. The number of sulfone groups is 1. The van der Waals surface area contributed by atoms with Crippen molar-refractivity contribution in [1.29, 1.82) is 0 Å². The molecule has 30 heavy (non-hydrogen) atoms. The van der Waals surface area contributed by atoms with Gasteiger partial charge in [-0.1, -0.05) is 25.3 Å². The summed E-state index contributed by atoms with van der Waals surface area (Å²) in [6.07, 6.45) is 10.6. The summed E-state index contributed by atoms with van der Waals surface area (Å²) in [5, 5.41) is 14.1. The molecule has 0 aromatic carbocycles. The third-order valence-corrected chi connectivity index (χ3v) is 6.29. The van der Waals surface area contributed by atoms with E-state index in [1.165, 1.54) is 12.3 Å². The van der Waals surface area contributed by atoms with Crippen molar-refractivity contribution in [3.05, 3.63) is 29.1 Å². The second-order valence-corrected chi connectivity index (χ2v) is 10.3. The summed E-state index contributed by atoms with van der Waals surface area (Å²) in [5.41, 5.74) is 0.189. The van der Waals surface area contributed by atoms with Crippen LogP contribution in [0.3, 0.4) is 0 Å². The Morgan fingerprint density at radius 2 is 1.90 bits per heavy atom. The van der Waals surface area contributed by atoms with Gasteiger partial charge in [-0.3, -0.25) is 4.79 Å². The minimum absolute atomic E-state index is 0.189. The van der Waals surface area contributed by atoms with E-state index in [0.717, 1.165) is 50.2 Å². The molecule has 0 unspecified atom stereocenters. The molecule has 3 atom stereocenters. The molecule has 0 aliphatic heterocycles. The van der Waals surface area contributed by atoms with Crippen LogP contribution in [0.15, 0.2) is 17.7 Å². The first-order valence-electron chi connectivity index (χ1n) is 10.6. The van der Waals surface area contributed by atoms with E-state index in [-0.39, 0.29) is 17.4 Å². The van der Waals surface area contributed by atoms with Crippen molar-refractivity contribution in [2.24, 2.45) is 0 Å². The fraction of sp³-hybridized carbons (Fsp3) is 0.667. The van der Waals surface area contributed by atoms with Crippen LogP contribution >= 0.6 is 0 Å². The van der Waals surface area contributed by atoms with Crippen LogP contribution in [0, 0.1) is 0 Å². The second kappa shape index (κ2) is 9.87. The van der Waals surface area contributed by atoms with Gasteiger partial charge in [0.1, 0.15) is 17.5 Å². The number of ether oxygens (including phenoxy) is 1. The predicted octanol–water partition coefficient (Wildman–Crippen LogP) is 2.49. The molecule has 2 aliphatic carbocycles. The van der Waals surface area contributed by atoms with Gasteiger partial charge in [0.15, 0.2) is 9.84 Å². The molecule has 2 aliphatic rings. The lowest BCUT2D eigenvalue weighted by Gasteiger charge is -2.28. The Bertz CT molecular complexity index is 881. The summed E-state index contributed by atoms with van der Waals surface area (Å²) in [7, 11) is -3.28. The van der Waals surface area contributed by atoms with E-state index in [2.05, 4.69) is 15.3 Å². The van der Waals surface area contributed by atoms with Gasteiger partial charge in [0.25, 0.3) is 5.91 Å². The van der Waals surface area contributed by atoms with Gasteiger partial charge >= 0.3 is 0 Å². The van der Waals surface area contributed by atoms with Gasteiger partial charge in [-0.25, -0.2) is 13.4 Å². The summed E-state index contributed by atoms with van der Waals surface area (Å²) in [5.74, 6) is 0.681. The molecule has 1 aromatic heterocycles. The second-order valence-electron chi connectivity index (χ2n) is 8.36. The van der Waals surface area contributed by atoms with E-state index >= 15 is 0 Å². The Morgan fingerprint density at radius 1 is 1.23 bits per heavy atom. The number of amides is 1. The van der Waals surface area contributed by atoms with E-state index in [1.807, 2.05) is 0 Å². The summed E-state index contributed by atoms with van der Waals surface area (Å²) < 4.78 is 28.6. The minimum atomic E-state index is -3.28. The van der Waals surface area contributed by atoms with Crippen molar-refractivity contribution >= 4 is 15.7 Å². The molecule has 166 valence electrons. The number of hydrogen-bond acceptors (Lipinski definition) is 7. The van der Waals surface area contributed by atoms with Crippen LogP contribution in [0.5, 0.6) is 5.88 Å². The Morgan fingerprint density at radius 3 is 2.57 bits per heavy atom. The number of rotatable bonds is 7. The molecule has 3 rings (SSSR count). The number of carbonyl (C=O) groups is 1. The topological polar surface area (TPSA) is 118 Å². The average molecular weight is 438 g/mol. The Labute approximate surface area is 178 Å². The zero-order chi connectivity index (χ0) is 21.7. The number of hydrogen-bond donors (Lipinski definition) is 2. The zero-order valence-corrected chi connectivity index (χ0v) is 18.4. The lowest BCUT2D eigenvalue weighted by Crippen LogP contribution is -2.36. The maximum Gasteiger partial charge on any atom is 0.258 e. The van der Waals surface area contributed by atoms with Crippen LogP contribution in [0.2, 0.25) is 0 Å². The van der Waals surface area contributed by atoms with E-state index in [9.17, 15) is 18.3 Å². The van der Waals surface area contributed by atoms with Crippen LogP contribution in [0.25, 0.3) is 0 Å². The molecule has 1 heterocycles. The van der Waals surface area contributed by atoms with Gasteiger partial charge in [0.05, 0.1) is 6.10 Å². The average Bonchev–Trinajstić information content (AvgIpc) is 3.22. The predicted molar refractivity (Wildman–Crippen MR) is 113 cm³/mol. The van der Waals surface area contributed by atoms with Gasteiger partial charge in [-0.05, 0) is 39.0 Å². The highest BCUT2D eigenvalue weighted by atomic mass is 32.2. The highest BCUT2D eigenvalue weighted by molar-refractivity contribution is 7.93. The number of aliphatic hydroxyl groups excluding tert-OH is 1. The first-order chi connectivity index (χ1) is 14.2. The van der Waals surface area contributed by atoms with Gasteiger partial charge in [0.2, 0.25) is 5.88 Å². The number of aromatic nitrogens is 2. The van der Waals surface area contributed by atoms with Gasteiger partial charge < -0.3 is 15.2 Å². The largest absolute Gasteiger partial charge is 0.471 e. The molecule has 0 spiro atoms. The first-order valence-corrected chi connectivity index (χ1v) is 12.6. The summed E-state index contributed by atoms with van der Waals surface area (Å²) >= 11 is 0. The number of aliphatic hydroxyl groups is 1. The summed E-state index contributed by atoms with van der Waals surface area (Å²) in [6.45, 7) is 1.68. The van der Waals surface area contributed by atoms with E-state index in [4.69, 9.17) is 4.74 Å². The smallest absolute Gasteiger partial charge is 0.258 e. The van der Waals surface area contributed by atoms with Crippen molar-refractivity contribution in [2.75, 3.05) is 6.26 Å². The van der Waals surface area contributed by atoms with Crippen LogP contribution in [0.4, 0.5) is 0 Å². The normalized spacial score (nSPS) is 24.1. The summed E-state index contributed by atoms with van der Waals surface area (Å²) in [4.78, 5) is 21.8. The van der Waals surface area contributed by atoms with Crippen LogP contribution in [0.1, 0.15) is 80.4 Å². The molecule has 1 aromatic rings. The maximum atomic E-state index is 12.8. The summed E-state index contributed by atoms with van der Waals surface area (Å²) in [6, 6.07) is -0.505. The van der Waals surface area contributed by atoms with E-state index < -0.39 is 34.0 Å². The molecule has 0 radical (unpaired) electrons. The van der Waals surface area contributed by atoms with Gasteiger partial charge in [-0.15, -0.1) is 0 Å². The van der Waals surface area contributed by atoms with E-state index in [0.29, 0.717) is 18.7 Å². The molecule has 9 heteroatoms. The molecule has 2 fully saturated rings. The Hall–Kier alpha value is -2.00. The lowest BCUT2D eigenvalue weighted by atomic mass is 9.95. The SMILES string of the molecule is C[C@@H](/C=C/S(C)(=O)=O)NC(=O)c1cnc(C2CCCC2)nc1O[C@@H]1CCCC[C@H]1O. The molecule has 2 saturated carbocycles. The third kappa shape index (κ3) is 6.25. The van der Waals surface area contributed by atoms with Crippen molar-refractivity contribution in [3.63, 3.8) is 0 Å². The standard InChI is InChI=1S/C21H31N3O5S/c1-14(11-12-30(2,27)28)23-20(26)16-13-22-19(15-7-3-4-8-15)24-21(16)29-18-10-6-5-9-17(18)25/h11-15,17-18,25H,3-10H2,1-2H3,(H,23,26)/b12-11+/t14-,17+,18+/m0/s1. The highest BCUT2D eigenvalue weighted by Crippen LogP contribution is 2.34. The van der Waals surface area contributed by atoms with Crippen molar-refractivity contribution < 1.29 is 23.1 Å². The number of nitrogens with one attached hydrogen (secondary N) is 1. The lowest BCUT2D eigenvalue weighted by molar-refractivity contribution is 0.00378. The van der Waals surface area contributed by atoms with E-state index in [1.54, 1.807) is 6.92 Å². The fourth-order valence-electron chi connectivity index (χ4n) is 3.96. The van der Waals surface area contributed by atoms with Crippen LogP contribution < -0.4 is 10.1 Å². The van der Waals surface area contributed by atoms with Crippen molar-refractivity contribution in [3.8, 4) is 5.88 Å². The third-order valence-electron chi connectivity index (χ3n) is 5.64. The fourth-order valence-corrected chi connectivity index (χ4v) is 4.48. The molecule has 1 amide bonds. The van der Waals surface area contributed by atoms with Crippen LogP contribution in [-0.4, -0.2) is 53.9 Å². The molecular weight excluding hydrogens is 406 g/mol. The van der Waals surface area contributed by atoms with Gasteiger partial charge in [0, 0.05) is 29.8 Å². The quantitative estimate of drug-likeness (QED) is 0.673. The number of carbonyl (C=O) groups excluding carboxylic acids is 1. The highest BCUT2D eigenvalue weighted by Gasteiger charge is 2.29. The molecule has 0 bridgehead atoms. The Balaban J connectivity index is 1.82. The van der Waals surface area contributed by atoms with Gasteiger partial charge in [-0.2, -0.15) is 4.98 Å². The maximum absolute atomic E-state index is 12.8. The van der Waals surface area contributed by atoms with Crippen molar-refractivity contribution in [2.45, 2.75) is 82.5 Å².